The number of methoxy groups -OCH3 is 1. The molecule has 0 heterocycles. The van der Waals surface area contributed by atoms with Gasteiger partial charge in [0.1, 0.15) is 25.9 Å². The maximum atomic E-state index is 5.63. The van der Waals surface area contributed by atoms with E-state index >= 15 is 0 Å². The first kappa shape index (κ1) is 8.92. The van der Waals surface area contributed by atoms with E-state index in [0.717, 1.165) is 6.42 Å². The van der Waals surface area contributed by atoms with Crippen LogP contribution in [0, 0.1) is 0 Å². The Labute approximate surface area is 61.1 Å². The summed E-state index contributed by atoms with van der Waals surface area (Å²) in [6.45, 7) is 0. The zero-order chi connectivity index (χ0) is 7.28. The van der Waals surface area contributed by atoms with Crippen molar-refractivity contribution in [1.29, 1.82) is 0 Å². The molecule has 2 nitrogen and oxygen atoms in total. The van der Waals surface area contributed by atoms with Crippen LogP contribution in [-0.4, -0.2) is 37.6 Å². The molecule has 0 bridgehead atoms. The van der Waals surface area contributed by atoms with E-state index < -0.39 is 0 Å². The highest BCUT2D eigenvalue weighted by molar-refractivity contribution is 6.20. The third kappa shape index (κ3) is 5.80. The van der Waals surface area contributed by atoms with Crippen molar-refractivity contribution in [2.45, 2.75) is 12.0 Å². The molecule has 0 aromatic rings. The summed E-state index contributed by atoms with van der Waals surface area (Å²) < 4.78 is 6.76. The van der Waals surface area contributed by atoms with E-state index in [4.69, 9.17) is 16.3 Å². The second-order valence-corrected chi connectivity index (χ2v) is 2.51. The third-order valence-electron chi connectivity index (χ3n) is 0.912. The van der Waals surface area contributed by atoms with Gasteiger partial charge in [-0.15, -0.1) is 0 Å². The lowest BCUT2D eigenvalue weighted by molar-refractivity contribution is -0.460. The monoisotopic (exact) mass is 150 g/mol. The predicted molar refractivity (Wildman–Crippen MR) is 39.4 cm³/mol. The van der Waals surface area contributed by atoms with Gasteiger partial charge in [-0.3, -0.25) is 0 Å². The van der Waals surface area contributed by atoms with Crippen LogP contribution in [0.5, 0.6) is 0 Å². The van der Waals surface area contributed by atoms with Crippen LogP contribution in [0.4, 0.5) is 0 Å². The first-order chi connectivity index (χ1) is 4.16. The Morgan fingerprint density at radius 2 is 2.22 bits per heavy atom. The molecule has 0 aliphatic carbocycles. The minimum atomic E-state index is -0.188. The molecule has 0 aliphatic heterocycles. The van der Waals surface area contributed by atoms with Crippen LogP contribution < -0.4 is 0 Å². The van der Waals surface area contributed by atoms with Crippen molar-refractivity contribution < 1.29 is 9.31 Å². The van der Waals surface area contributed by atoms with E-state index in [0.29, 0.717) is 0 Å². The fourth-order valence-corrected chi connectivity index (χ4v) is 0.470. The fourth-order valence-electron chi connectivity index (χ4n) is 0.390. The van der Waals surface area contributed by atoms with Gasteiger partial charge < -0.3 is 4.74 Å². The van der Waals surface area contributed by atoms with E-state index in [9.17, 15) is 0 Å². The van der Waals surface area contributed by atoms with Gasteiger partial charge in [0.25, 0.3) is 0 Å². The first-order valence-electron chi connectivity index (χ1n) is 2.83. The first-order valence-corrected chi connectivity index (χ1v) is 3.27. The van der Waals surface area contributed by atoms with Crippen molar-refractivity contribution in [2.24, 2.45) is 0 Å². The summed E-state index contributed by atoms with van der Waals surface area (Å²) in [7, 11) is 5.51. The lowest BCUT2D eigenvalue weighted by atomic mass is 10.5. The van der Waals surface area contributed by atoms with Gasteiger partial charge in [-0.25, -0.2) is 4.58 Å². The van der Waals surface area contributed by atoms with E-state index in [-0.39, 0.29) is 5.56 Å². The average molecular weight is 151 g/mol. The van der Waals surface area contributed by atoms with E-state index in [2.05, 4.69) is 0 Å². The number of halogens is 1. The van der Waals surface area contributed by atoms with Crippen LogP contribution in [-0.2, 0) is 4.74 Å². The van der Waals surface area contributed by atoms with Crippen LogP contribution in [0.2, 0.25) is 0 Å². The summed E-state index contributed by atoms with van der Waals surface area (Å²) in [5.41, 5.74) is -0.188. The van der Waals surface area contributed by atoms with Crippen molar-refractivity contribution in [2.75, 3.05) is 21.2 Å². The SMILES string of the molecule is COC(Cl)CC=[N+](C)C. The molecule has 0 radical (unpaired) electrons. The van der Waals surface area contributed by atoms with E-state index in [1.807, 2.05) is 24.9 Å². The summed E-state index contributed by atoms with van der Waals surface area (Å²) in [4.78, 5) is 0. The van der Waals surface area contributed by atoms with Crippen LogP contribution in [0.1, 0.15) is 6.42 Å². The molecule has 0 amide bonds. The van der Waals surface area contributed by atoms with Crippen molar-refractivity contribution in [3.63, 3.8) is 0 Å². The van der Waals surface area contributed by atoms with Gasteiger partial charge in [0.2, 0.25) is 0 Å². The Balaban J connectivity index is 3.37. The van der Waals surface area contributed by atoms with Gasteiger partial charge in [-0.1, -0.05) is 11.6 Å². The van der Waals surface area contributed by atoms with Crippen LogP contribution >= 0.6 is 11.6 Å². The Morgan fingerprint density at radius 3 is 2.56 bits per heavy atom. The number of hydrogen-bond acceptors (Lipinski definition) is 1. The highest BCUT2D eigenvalue weighted by Gasteiger charge is 1.99. The zero-order valence-electron chi connectivity index (χ0n) is 6.10. The average Bonchev–Trinajstić information content (AvgIpc) is 1.83. The minimum Gasteiger partial charge on any atom is -0.365 e. The number of alkyl halides is 1. The molecule has 0 spiro atoms. The molecule has 0 aliphatic rings. The molecule has 0 N–H and O–H groups in total. The van der Waals surface area contributed by atoms with Crippen molar-refractivity contribution in [3.05, 3.63) is 0 Å². The molecular formula is C6H13ClNO+. The number of hydrogen-bond donors (Lipinski definition) is 0. The van der Waals surface area contributed by atoms with Gasteiger partial charge in [0.15, 0.2) is 0 Å². The van der Waals surface area contributed by atoms with Gasteiger partial charge in [-0.2, -0.15) is 0 Å². The predicted octanol–water partition coefficient (Wildman–Crippen LogP) is 0.931. The van der Waals surface area contributed by atoms with E-state index in [1.54, 1.807) is 7.11 Å². The topological polar surface area (TPSA) is 12.2 Å². The van der Waals surface area contributed by atoms with Crippen LogP contribution in [0.3, 0.4) is 0 Å². The van der Waals surface area contributed by atoms with Crippen molar-refractivity contribution >= 4 is 17.8 Å². The quantitative estimate of drug-likeness (QED) is 0.331. The smallest absolute Gasteiger partial charge is 0.143 e. The molecule has 0 saturated carbocycles. The minimum absolute atomic E-state index is 0.188. The maximum absolute atomic E-state index is 5.63. The molecule has 3 heteroatoms. The molecule has 1 atom stereocenters. The van der Waals surface area contributed by atoms with Crippen LogP contribution in [0.15, 0.2) is 0 Å². The highest BCUT2D eigenvalue weighted by atomic mass is 35.5. The zero-order valence-corrected chi connectivity index (χ0v) is 6.85. The molecule has 0 aromatic heterocycles. The molecule has 1 unspecified atom stereocenters. The summed E-state index contributed by atoms with van der Waals surface area (Å²) in [6.07, 6.45) is 2.73. The molecular weight excluding hydrogens is 138 g/mol. The molecule has 54 valence electrons. The molecule has 0 saturated heterocycles. The summed E-state index contributed by atoms with van der Waals surface area (Å²) in [5.74, 6) is 0. The van der Waals surface area contributed by atoms with Crippen molar-refractivity contribution in [3.8, 4) is 0 Å². The summed E-state index contributed by atoms with van der Waals surface area (Å²) >= 11 is 5.63. The number of ether oxygens (including phenoxy) is 1. The standard InChI is InChI=1S/C6H13ClNO/c1-8(2)5-4-6(7)9-3/h5-6H,4H2,1-3H3/q+1. The lowest BCUT2D eigenvalue weighted by Gasteiger charge is -1.99. The summed E-state index contributed by atoms with van der Waals surface area (Å²) in [5, 5.41) is 0. The number of rotatable bonds is 3. The second kappa shape index (κ2) is 4.77. The molecule has 9 heavy (non-hydrogen) atoms. The second-order valence-electron chi connectivity index (χ2n) is 2.03. The lowest BCUT2D eigenvalue weighted by Crippen LogP contribution is -2.06. The van der Waals surface area contributed by atoms with E-state index in [1.165, 1.54) is 0 Å². The fraction of sp³-hybridized carbons (Fsp3) is 0.833. The molecule has 0 aromatic carbocycles. The Bertz CT molecular complexity index is 99.2. The summed E-state index contributed by atoms with van der Waals surface area (Å²) in [6, 6.07) is 0. The van der Waals surface area contributed by atoms with Gasteiger partial charge in [0, 0.05) is 7.11 Å². The van der Waals surface area contributed by atoms with Gasteiger partial charge in [0.05, 0.1) is 6.42 Å². The molecule has 0 fully saturated rings. The number of nitrogens with zero attached hydrogens (tertiary/aromatic N) is 1. The normalized spacial score (nSPS) is 12.9. The Kier molecular flexibility index (Phi) is 4.72. The Morgan fingerprint density at radius 1 is 1.67 bits per heavy atom. The Hall–Kier alpha value is -0.0800. The highest BCUT2D eigenvalue weighted by Crippen LogP contribution is 1.98. The van der Waals surface area contributed by atoms with Crippen LogP contribution in [0.25, 0.3) is 0 Å². The van der Waals surface area contributed by atoms with Crippen molar-refractivity contribution in [1.82, 2.24) is 0 Å². The largest absolute Gasteiger partial charge is 0.365 e. The molecule has 0 rings (SSSR count). The third-order valence-corrected chi connectivity index (χ3v) is 1.27. The van der Waals surface area contributed by atoms with Gasteiger partial charge >= 0.3 is 0 Å². The van der Waals surface area contributed by atoms with Gasteiger partial charge in [-0.05, 0) is 0 Å². The maximum Gasteiger partial charge on any atom is 0.143 e.